The molecule has 0 fully saturated rings. The molecule has 0 aromatic carbocycles. The van der Waals surface area contributed by atoms with Crippen molar-refractivity contribution in [1.82, 2.24) is 0 Å². The summed E-state index contributed by atoms with van der Waals surface area (Å²) in [5, 5.41) is 16.6. The zero-order chi connectivity index (χ0) is 11.6. The summed E-state index contributed by atoms with van der Waals surface area (Å²) in [7, 11) is -5.14. The van der Waals surface area contributed by atoms with Gasteiger partial charge in [0.25, 0.3) is 0 Å². The molecule has 0 aliphatic rings. The lowest BCUT2D eigenvalue weighted by molar-refractivity contribution is -0.161. The minimum absolute atomic E-state index is 1.32. The predicted octanol–water partition coefficient (Wildman–Crippen LogP) is -1.98. The molecular weight excluding hydrogens is 222 g/mol. The molecule has 0 aliphatic carbocycles. The van der Waals surface area contributed by atoms with E-state index in [0.717, 1.165) is 0 Å². The highest BCUT2D eigenvalue weighted by molar-refractivity contribution is 7.81. The Morgan fingerprint density at radius 3 is 2.00 bits per heavy atom. The molecule has 14 heavy (non-hydrogen) atoms. The first-order chi connectivity index (χ1) is 6.07. The van der Waals surface area contributed by atoms with Gasteiger partial charge in [-0.1, -0.05) is 0 Å². The zero-order valence-electron chi connectivity index (χ0n) is 6.58. The van der Waals surface area contributed by atoms with Crippen molar-refractivity contribution in [2.24, 2.45) is 5.73 Å². The van der Waals surface area contributed by atoms with Crippen molar-refractivity contribution in [3.63, 3.8) is 0 Å². The van der Waals surface area contributed by atoms with Crippen molar-refractivity contribution in [2.75, 3.05) is 0 Å². The van der Waals surface area contributed by atoms with E-state index in [4.69, 9.17) is 20.5 Å². The van der Waals surface area contributed by atoms with Crippen LogP contribution in [0.1, 0.15) is 6.42 Å². The van der Waals surface area contributed by atoms with Gasteiger partial charge in [-0.15, -0.1) is 0 Å². The number of carboxylic acids is 2. The van der Waals surface area contributed by atoms with Gasteiger partial charge in [-0.2, -0.15) is 8.42 Å². The summed E-state index contributed by atoms with van der Waals surface area (Å²) in [5.41, 5.74) is 1.77. The van der Waals surface area contributed by atoms with Crippen LogP contribution < -0.4 is 5.73 Å². The highest BCUT2D eigenvalue weighted by atomic mass is 32.3. The van der Waals surface area contributed by atoms with Crippen LogP contribution in [-0.2, 0) is 24.2 Å². The van der Waals surface area contributed by atoms with Gasteiger partial charge in [0.15, 0.2) is 0 Å². The van der Waals surface area contributed by atoms with Crippen LogP contribution in [0, 0.1) is 0 Å². The lowest BCUT2D eigenvalue weighted by Gasteiger charge is -2.19. The standard InChI is InChI=1S/C4H7NO8S/c5-4(3(8)9,1-2(6)7)13-14(10,11)12/h1,5H2,(H,6,7)(H,8,9)(H,10,11,12)/t4-/m0/s1. The summed E-state index contributed by atoms with van der Waals surface area (Å²) in [5.74, 6) is -3.73. The fraction of sp³-hybridized carbons (Fsp3) is 0.500. The van der Waals surface area contributed by atoms with Gasteiger partial charge in [-0.05, 0) is 0 Å². The van der Waals surface area contributed by atoms with Crippen molar-refractivity contribution < 1.29 is 37.0 Å². The van der Waals surface area contributed by atoms with Gasteiger partial charge in [-0.25, -0.2) is 8.98 Å². The summed E-state index contributed by atoms with van der Waals surface area (Å²) >= 11 is 0. The third-order valence-corrected chi connectivity index (χ3v) is 1.54. The van der Waals surface area contributed by atoms with E-state index in [-0.39, 0.29) is 0 Å². The van der Waals surface area contributed by atoms with E-state index in [1.807, 2.05) is 0 Å². The highest BCUT2D eigenvalue weighted by Crippen LogP contribution is 2.12. The number of rotatable bonds is 5. The first-order valence-corrected chi connectivity index (χ1v) is 4.35. The summed E-state index contributed by atoms with van der Waals surface area (Å²) in [6.07, 6.45) is -1.32. The SMILES string of the molecule is N[C@@](CC(=O)O)(OS(=O)(=O)O)C(=O)O. The highest BCUT2D eigenvalue weighted by Gasteiger charge is 2.42. The van der Waals surface area contributed by atoms with E-state index in [1.54, 1.807) is 0 Å². The van der Waals surface area contributed by atoms with Crippen molar-refractivity contribution in [3.05, 3.63) is 0 Å². The Balaban J connectivity index is 4.92. The molecule has 5 N–H and O–H groups in total. The Morgan fingerprint density at radius 2 is 1.79 bits per heavy atom. The van der Waals surface area contributed by atoms with Crippen LogP contribution in [0.25, 0.3) is 0 Å². The Kier molecular flexibility index (Phi) is 3.53. The molecule has 0 radical (unpaired) electrons. The molecule has 0 saturated carbocycles. The molecule has 0 bridgehead atoms. The molecule has 0 aromatic rings. The third kappa shape index (κ3) is 4.13. The van der Waals surface area contributed by atoms with E-state index in [2.05, 4.69) is 4.18 Å². The van der Waals surface area contributed by atoms with Crippen LogP contribution in [0.15, 0.2) is 0 Å². The molecule has 82 valence electrons. The minimum Gasteiger partial charge on any atom is -0.481 e. The Morgan fingerprint density at radius 1 is 1.36 bits per heavy atom. The Hall–Kier alpha value is -1.23. The quantitative estimate of drug-likeness (QED) is 0.308. The molecule has 1 atom stereocenters. The maximum absolute atomic E-state index is 10.3. The summed E-state index contributed by atoms with van der Waals surface area (Å²) < 4.78 is 31.9. The van der Waals surface area contributed by atoms with Gasteiger partial charge >= 0.3 is 22.3 Å². The first-order valence-electron chi connectivity index (χ1n) is 2.99. The fourth-order valence-corrected chi connectivity index (χ4v) is 1.06. The van der Waals surface area contributed by atoms with E-state index in [1.165, 1.54) is 0 Å². The lowest BCUT2D eigenvalue weighted by atomic mass is 10.2. The molecule has 10 heteroatoms. The summed E-state index contributed by atoms with van der Waals surface area (Å²) in [6, 6.07) is 0. The molecule has 0 spiro atoms. The van der Waals surface area contributed by atoms with Crippen molar-refractivity contribution >= 4 is 22.3 Å². The number of hydrogen-bond acceptors (Lipinski definition) is 6. The second-order valence-corrected chi connectivity index (χ2v) is 3.30. The molecule has 0 unspecified atom stereocenters. The van der Waals surface area contributed by atoms with Gasteiger partial charge in [0.05, 0.1) is 0 Å². The second-order valence-electron chi connectivity index (χ2n) is 2.28. The molecular formula is C4H7NO8S. The number of aliphatic carboxylic acids is 2. The molecule has 0 saturated heterocycles. The lowest BCUT2D eigenvalue weighted by Crippen LogP contribution is -2.53. The van der Waals surface area contributed by atoms with Crippen LogP contribution in [0.4, 0.5) is 0 Å². The van der Waals surface area contributed by atoms with Crippen LogP contribution >= 0.6 is 0 Å². The van der Waals surface area contributed by atoms with Crippen LogP contribution in [0.3, 0.4) is 0 Å². The average molecular weight is 229 g/mol. The van der Waals surface area contributed by atoms with E-state index < -0.39 is 34.5 Å². The monoisotopic (exact) mass is 229 g/mol. The van der Waals surface area contributed by atoms with Crippen molar-refractivity contribution in [2.45, 2.75) is 12.1 Å². The molecule has 0 amide bonds. The third-order valence-electron chi connectivity index (χ3n) is 1.03. The number of hydrogen-bond donors (Lipinski definition) is 4. The molecule has 0 aromatic heterocycles. The summed E-state index contributed by atoms with van der Waals surface area (Å²) in [4.78, 5) is 20.5. The van der Waals surface area contributed by atoms with Crippen molar-refractivity contribution in [1.29, 1.82) is 0 Å². The van der Waals surface area contributed by atoms with E-state index in [0.29, 0.717) is 0 Å². The van der Waals surface area contributed by atoms with Gasteiger partial charge in [0.1, 0.15) is 6.42 Å². The van der Waals surface area contributed by atoms with Gasteiger partial charge in [-0.3, -0.25) is 15.1 Å². The molecule has 9 nitrogen and oxygen atoms in total. The maximum Gasteiger partial charge on any atom is 0.399 e. The fourth-order valence-electron chi connectivity index (χ4n) is 0.553. The molecule has 0 aliphatic heterocycles. The largest absolute Gasteiger partial charge is 0.481 e. The Labute approximate surface area is 78.0 Å². The van der Waals surface area contributed by atoms with E-state index in [9.17, 15) is 18.0 Å². The minimum atomic E-state index is -5.14. The number of carbonyl (C=O) groups is 2. The van der Waals surface area contributed by atoms with Crippen molar-refractivity contribution in [3.8, 4) is 0 Å². The van der Waals surface area contributed by atoms with E-state index >= 15 is 0 Å². The second kappa shape index (κ2) is 3.88. The van der Waals surface area contributed by atoms with Crippen LogP contribution in [-0.4, -0.2) is 40.8 Å². The molecule has 0 rings (SSSR count). The van der Waals surface area contributed by atoms with Gasteiger partial charge in [0, 0.05) is 0 Å². The van der Waals surface area contributed by atoms with Gasteiger partial charge < -0.3 is 10.2 Å². The summed E-state index contributed by atoms with van der Waals surface area (Å²) in [6.45, 7) is 0. The Bertz CT molecular complexity index is 346. The topological polar surface area (TPSA) is 164 Å². The average Bonchev–Trinajstić information content (AvgIpc) is 1.79. The predicted molar refractivity (Wildman–Crippen MR) is 39.4 cm³/mol. The van der Waals surface area contributed by atoms with Gasteiger partial charge in [0.2, 0.25) is 5.72 Å². The number of nitrogens with two attached hydrogens (primary N) is 1. The maximum atomic E-state index is 10.3. The number of carboxylic acid groups (broad SMARTS) is 2. The van der Waals surface area contributed by atoms with Crippen LogP contribution in [0.5, 0.6) is 0 Å². The smallest absolute Gasteiger partial charge is 0.399 e. The van der Waals surface area contributed by atoms with Crippen LogP contribution in [0.2, 0.25) is 0 Å². The molecule has 0 heterocycles. The first kappa shape index (κ1) is 12.8. The normalized spacial score (nSPS) is 15.9. The zero-order valence-corrected chi connectivity index (χ0v) is 7.39.